The van der Waals surface area contributed by atoms with E-state index in [0.717, 1.165) is 0 Å². The topological polar surface area (TPSA) is 9.23 Å². The van der Waals surface area contributed by atoms with Crippen molar-refractivity contribution in [2.45, 2.75) is 6.18 Å². The molecule has 0 aliphatic rings. The van der Waals surface area contributed by atoms with Crippen LogP contribution >= 0.6 is 0 Å². The average Bonchev–Trinajstić information content (AvgIpc) is 2.13. The molecule has 0 aliphatic carbocycles. The Bertz CT molecular complexity index is 403. The van der Waals surface area contributed by atoms with Gasteiger partial charge in [0, 0.05) is 0 Å². The normalized spacial score (nSPS) is 11.9. The van der Waals surface area contributed by atoms with Gasteiger partial charge in [0.15, 0.2) is 18.2 Å². The Morgan fingerprint density at radius 3 is 2.11 bits per heavy atom. The van der Waals surface area contributed by atoms with E-state index in [1.165, 1.54) is 0 Å². The minimum absolute atomic E-state index is 0. The van der Waals surface area contributed by atoms with Crippen LogP contribution in [-0.4, -0.2) is 19.8 Å². The molecule has 1 aromatic carbocycles. The zero-order valence-corrected chi connectivity index (χ0v) is 12.2. The molecule has 0 aliphatic heterocycles. The van der Waals surface area contributed by atoms with E-state index in [4.69, 9.17) is 0 Å². The predicted molar refractivity (Wildman–Crippen MR) is 46.7 cm³/mol. The average molecular weight is 300 g/mol. The fourth-order valence-electron chi connectivity index (χ4n) is 0.994. The maximum absolute atomic E-state index is 12.9. The maximum Gasteiger partial charge on any atom is 1.00 e. The summed E-state index contributed by atoms with van der Waals surface area (Å²) in [6.45, 7) is -7.26. The van der Waals surface area contributed by atoms with Crippen LogP contribution in [0.5, 0.6) is 5.75 Å². The molecule has 18 heavy (non-hydrogen) atoms. The zero-order valence-electron chi connectivity index (χ0n) is 9.07. The summed E-state index contributed by atoms with van der Waals surface area (Å²) in [4.78, 5) is 0. The van der Waals surface area contributed by atoms with Crippen molar-refractivity contribution in [2.24, 2.45) is 0 Å². The Hall–Kier alpha value is 0.231. The molecule has 0 spiro atoms. The quantitative estimate of drug-likeness (QED) is 0.556. The largest absolute Gasteiger partial charge is 1.00 e. The number of hydrogen-bond acceptors (Lipinski definition) is 1. The maximum atomic E-state index is 12.9. The first-order valence-electron chi connectivity index (χ1n) is 4.28. The number of alkyl halides is 3. The molecule has 0 aromatic heterocycles. The van der Waals surface area contributed by atoms with Gasteiger partial charge >= 0.3 is 64.5 Å². The van der Waals surface area contributed by atoms with Gasteiger partial charge in [0.2, 0.25) is 0 Å². The van der Waals surface area contributed by atoms with E-state index in [2.05, 4.69) is 4.74 Å². The number of ether oxygens (including phenoxy) is 1. The van der Waals surface area contributed by atoms with Gasteiger partial charge in [-0.25, -0.2) is 4.39 Å². The summed E-state index contributed by atoms with van der Waals surface area (Å²) < 4.78 is 88.8. The van der Waals surface area contributed by atoms with Gasteiger partial charge in [0.1, 0.15) is 0 Å². The van der Waals surface area contributed by atoms with Crippen molar-refractivity contribution >= 4 is 12.4 Å². The van der Waals surface area contributed by atoms with Crippen LogP contribution in [-0.2, 0) is 0 Å². The van der Waals surface area contributed by atoms with Gasteiger partial charge in [-0.1, -0.05) is 6.07 Å². The van der Waals surface area contributed by atoms with Crippen LogP contribution in [0.3, 0.4) is 0 Å². The van der Waals surface area contributed by atoms with Crippen LogP contribution < -0.4 is 61.6 Å². The van der Waals surface area contributed by atoms with E-state index in [0.29, 0.717) is 12.1 Å². The minimum Gasteiger partial charge on any atom is -0.481 e. The first-order valence-corrected chi connectivity index (χ1v) is 4.28. The van der Waals surface area contributed by atoms with Crippen molar-refractivity contribution in [2.75, 3.05) is 6.61 Å². The number of benzene rings is 1. The van der Waals surface area contributed by atoms with Crippen LogP contribution in [0, 0.1) is 5.82 Å². The van der Waals surface area contributed by atoms with Crippen molar-refractivity contribution < 1.29 is 86.6 Å². The summed E-state index contributed by atoms with van der Waals surface area (Å²) in [5, 5.41) is 0. The molecule has 0 saturated heterocycles. The van der Waals surface area contributed by atoms with Crippen LogP contribution in [0.1, 0.15) is 0 Å². The van der Waals surface area contributed by atoms with Gasteiger partial charge in [-0.05, 0) is 12.1 Å². The molecule has 96 valence electrons. The fraction of sp³-hybridized carbons (Fsp3) is 0.250. The molecule has 0 bridgehead atoms. The minimum atomic E-state index is -5.41. The summed E-state index contributed by atoms with van der Waals surface area (Å²) in [6.07, 6.45) is -4.74. The fourth-order valence-corrected chi connectivity index (χ4v) is 0.994. The molecule has 0 atom stereocenters. The first kappa shape index (κ1) is 18.2. The molecule has 1 rings (SSSR count). The molecule has 0 unspecified atom stereocenters. The van der Waals surface area contributed by atoms with Crippen LogP contribution in [0.2, 0.25) is 0 Å². The molecule has 0 amide bonds. The molecule has 10 heteroatoms. The third-order valence-electron chi connectivity index (χ3n) is 1.72. The van der Waals surface area contributed by atoms with E-state index in [9.17, 15) is 30.5 Å². The molecule has 0 N–H and O–H groups in total. The summed E-state index contributed by atoms with van der Waals surface area (Å²) in [5.41, 5.74) is -1.22. The molecule has 1 aromatic rings. The second kappa shape index (κ2) is 6.60. The van der Waals surface area contributed by atoms with Gasteiger partial charge in [-0.15, -0.1) is 5.46 Å². The SMILES string of the molecule is Fc1ccc([B-](F)(F)F)cc1OCC(F)(F)F.[K+]. The smallest absolute Gasteiger partial charge is 0.481 e. The van der Waals surface area contributed by atoms with Crippen LogP contribution in [0.4, 0.5) is 30.5 Å². The van der Waals surface area contributed by atoms with Gasteiger partial charge < -0.3 is 17.7 Å². The van der Waals surface area contributed by atoms with E-state index < -0.39 is 36.8 Å². The van der Waals surface area contributed by atoms with Crippen molar-refractivity contribution in [3.8, 4) is 5.75 Å². The molecule has 1 nitrogen and oxygen atoms in total. The standard InChI is InChI=1S/C8H5BF7O.K/c10-6-2-1-5(9(14,15)16)3-7(6)17-4-8(11,12)13;/h1-3H,4H2;/q-1;+1. The van der Waals surface area contributed by atoms with Crippen LogP contribution in [0.25, 0.3) is 0 Å². The monoisotopic (exact) mass is 300 g/mol. The first-order chi connectivity index (χ1) is 7.59. The van der Waals surface area contributed by atoms with Crippen molar-refractivity contribution in [1.29, 1.82) is 0 Å². The third-order valence-corrected chi connectivity index (χ3v) is 1.72. The van der Waals surface area contributed by atoms with E-state index in [1.54, 1.807) is 0 Å². The summed E-state index contributed by atoms with van der Waals surface area (Å²) >= 11 is 0. The van der Waals surface area contributed by atoms with E-state index in [-0.39, 0.29) is 57.5 Å². The third kappa shape index (κ3) is 5.91. The summed E-state index contributed by atoms with van der Waals surface area (Å²) in [6, 6.07) is 1.06. The molecule has 0 heterocycles. The van der Waals surface area contributed by atoms with Gasteiger partial charge in [0.05, 0.1) is 0 Å². The van der Waals surface area contributed by atoms with Crippen LogP contribution in [0.15, 0.2) is 18.2 Å². The van der Waals surface area contributed by atoms with Crippen molar-refractivity contribution in [1.82, 2.24) is 0 Å². The Labute approximate surface area is 140 Å². The Morgan fingerprint density at radius 2 is 1.67 bits per heavy atom. The predicted octanol–water partition coefficient (Wildman–Crippen LogP) is -0.175. The Balaban J connectivity index is 0.00000289. The summed E-state index contributed by atoms with van der Waals surface area (Å²) in [7, 11) is 0. The van der Waals surface area contributed by atoms with E-state index >= 15 is 0 Å². The molecule has 0 radical (unpaired) electrons. The van der Waals surface area contributed by atoms with Crippen molar-refractivity contribution in [3.05, 3.63) is 24.0 Å². The molecular formula is C8H5BF7KO. The molecule has 0 saturated carbocycles. The molecule has 0 fully saturated rings. The van der Waals surface area contributed by atoms with Gasteiger partial charge in [0.25, 0.3) is 0 Å². The second-order valence-electron chi connectivity index (χ2n) is 3.17. The van der Waals surface area contributed by atoms with Crippen molar-refractivity contribution in [3.63, 3.8) is 0 Å². The zero-order chi connectivity index (χ0) is 13.3. The molecular weight excluding hydrogens is 295 g/mol. The van der Waals surface area contributed by atoms with Gasteiger partial charge in [-0.2, -0.15) is 13.2 Å². The second-order valence-corrected chi connectivity index (χ2v) is 3.17. The van der Waals surface area contributed by atoms with Gasteiger partial charge in [-0.3, -0.25) is 0 Å². The summed E-state index contributed by atoms with van der Waals surface area (Å²) in [5.74, 6) is -2.35. The number of rotatable bonds is 3. The number of halogens is 7. The number of hydrogen-bond donors (Lipinski definition) is 0. The van der Waals surface area contributed by atoms with E-state index in [1.807, 2.05) is 0 Å². The Kier molecular flexibility index (Phi) is 6.68. The Morgan fingerprint density at radius 1 is 1.11 bits per heavy atom.